The summed E-state index contributed by atoms with van der Waals surface area (Å²) in [6, 6.07) is 8.77. The molecule has 1 aliphatic carbocycles. The summed E-state index contributed by atoms with van der Waals surface area (Å²) in [5.74, 6) is 0.967. The Labute approximate surface area is 110 Å². The van der Waals surface area contributed by atoms with E-state index in [1.807, 2.05) is 0 Å². The van der Waals surface area contributed by atoms with E-state index < -0.39 is 0 Å². The van der Waals surface area contributed by atoms with Gasteiger partial charge in [0.05, 0.1) is 0 Å². The number of aryl methyl sites for hydroxylation is 1. The van der Waals surface area contributed by atoms with Gasteiger partial charge in [0.25, 0.3) is 0 Å². The molecule has 1 heteroatoms. The van der Waals surface area contributed by atoms with E-state index in [0.717, 1.165) is 12.3 Å². The Morgan fingerprint density at radius 3 is 2.47 bits per heavy atom. The first-order valence-corrected chi connectivity index (χ1v) is 7.37. The fraction of sp³-hybridized carbons (Fsp3) is 0.625. The summed E-state index contributed by atoms with van der Waals surface area (Å²) in [7, 11) is 0. The van der Waals surface area contributed by atoms with Crippen LogP contribution in [0, 0.1) is 12.8 Å². The minimum absolute atomic E-state index is 0.318. The molecule has 1 aliphatic rings. The molecule has 0 saturated heterocycles. The van der Waals surface area contributed by atoms with Crippen LogP contribution in [-0.2, 0) is 6.42 Å². The maximum absolute atomic E-state index is 6.43. The number of alkyl halides is 1. The van der Waals surface area contributed by atoms with Crippen molar-refractivity contribution in [3.63, 3.8) is 0 Å². The van der Waals surface area contributed by atoms with Crippen LogP contribution in [0.3, 0.4) is 0 Å². The summed E-state index contributed by atoms with van der Waals surface area (Å²) in [6.07, 6.45) is 9.29. The van der Waals surface area contributed by atoms with Gasteiger partial charge < -0.3 is 0 Å². The average Bonchev–Trinajstić information content (AvgIpc) is 2.83. The maximum Gasteiger partial charge on any atom is 0.0376 e. The van der Waals surface area contributed by atoms with E-state index in [1.54, 1.807) is 0 Å². The molecule has 0 spiro atoms. The molecule has 0 nitrogen and oxygen atoms in total. The van der Waals surface area contributed by atoms with Gasteiger partial charge in [-0.2, -0.15) is 0 Å². The Hall–Kier alpha value is -0.490. The molecule has 94 valence electrons. The molecule has 0 radical (unpaired) electrons. The summed E-state index contributed by atoms with van der Waals surface area (Å²) >= 11 is 6.43. The molecule has 0 aliphatic heterocycles. The van der Waals surface area contributed by atoms with E-state index in [9.17, 15) is 0 Å². The van der Waals surface area contributed by atoms with Crippen molar-refractivity contribution >= 4 is 11.6 Å². The summed E-state index contributed by atoms with van der Waals surface area (Å²) in [4.78, 5) is 0. The standard InChI is InChI=1S/C16H23Cl/c1-13-6-8-15(9-7-13)12-16(17)11-10-14-4-2-3-5-14/h6-9,14,16H,2-5,10-12H2,1H3. The number of hydrogen-bond donors (Lipinski definition) is 0. The Balaban J connectivity index is 1.72. The lowest BCUT2D eigenvalue weighted by Gasteiger charge is -2.13. The van der Waals surface area contributed by atoms with Crippen molar-refractivity contribution in [3.05, 3.63) is 35.4 Å². The highest BCUT2D eigenvalue weighted by Gasteiger charge is 2.16. The van der Waals surface area contributed by atoms with E-state index in [0.29, 0.717) is 5.38 Å². The smallest absolute Gasteiger partial charge is 0.0376 e. The summed E-state index contributed by atoms with van der Waals surface area (Å²) in [5, 5.41) is 0.318. The molecule has 0 N–H and O–H groups in total. The fourth-order valence-electron chi connectivity index (χ4n) is 2.80. The monoisotopic (exact) mass is 250 g/mol. The molecule has 1 saturated carbocycles. The third-order valence-corrected chi connectivity index (χ3v) is 4.31. The number of rotatable bonds is 5. The number of benzene rings is 1. The molecule has 0 heterocycles. The third-order valence-electron chi connectivity index (χ3n) is 3.94. The molecule has 2 rings (SSSR count). The zero-order valence-corrected chi connectivity index (χ0v) is 11.5. The van der Waals surface area contributed by atoms with Crippen LogP contribution in [0.4, 0.5) is 0 Å². The number of hydrogen-bond acceptors (Lipinski definition) is 0. The summed E-state index contributed by atoms with van der Waals surface area (Å²) < 4.78 is 0. The van der Waals surface area contributed by atoms with E-state index in [2.05, 4.69) is 31.2 Å². The fourth-order valence-corrected chi connectivity index (χ4v) is 3.10. The third kappa shape index (κ3) is 4.35. The Kier molecular flexibility index (Phi) is 4.91. The highest BCUT2D eigenvalue weighted by Crippen LogP contribution is 2.30. The van der Waals surface area contributed by atoms with Gasteiger partial charge in [0.15, 0.2) is 0 Å². The molecule has 0 aromatic heterocycles. The largest absolute Gasteiger partial charge is 0.123 e. The quantitative estimate of drug-likeness (QED) is 0.637. The van der Waals surface area contributed by atoms with Gasteiger partial charge in [0, 0.05) is 5.38 Å². The minimum Gasteiger partial charge on any atom is -0.123 e. The van der Waals surface area contributed by atoms with Gasteiger partial charge in [-0.05, 0) is 37.7 Å². The molecule has 1 unspecified atom stereocenters. The van der Waals surface area contributed by atoms with Crippen molar-refractivity contribution in [1.29, 1.82) is 0 Å². The molecule has 0 bridgehead atoms. The van der Waals surface area contributed by atoms with E-state index >= 15 is 0 Å². The Morgan fingerprint density at radius 2 is 1.82 bits per heavy atom. The van der Waals surface area contributed by atoms with E-state index in [1.165, 1.54) is 49.7 Å². The zero-order chi connectivity index (χ0) is 12.1. The van der Waals surface area contributed by atoms with Crippen molar-refractivity contribution in [2.24, 2.45) is 5.92 Å². The SMILES string of the molecule is Cc1ccc(CC(Cl)CCC2CCCC2)cc1. The molecule has 1 fully saturated rings. The second kappa shape index (κ2) is 6.44. The molecule has 1 aromatic carbocycles. The van der Waals surface area contributed by atoms with Crippen molar-refractivity contribution in [2.45, 2.75) is 57.2 Å². The topological polar surface area (TPSA) is 0 Å². The molecular formula is C16H23Cl. The van der Waals surface area contributed by atoms with Crippen LogP contribution in [0.1, 0.15) is 49.7 Å². The van der Waals surface area contributed by atoms with Gasteiger partial charge in [0.1, 0.15) is 0 Å². The van der Waals surface area contributed by atoms with Gasteiger partial charge in [0.2, 0.25) is 0 Å². The molecule has 1 aromatic rings. The van der Waals surface area contributed by atoms with Gasteiger partial charge in [-0.15, -0.1) is 11.6 Å². The first-order valence-electron chi connectivity index (χ1n) is 6.93. The first kappa shape index (κ1) is 13.0. The average molecular weight is 251 g/mol. The molecular weight excluding hydrogens is 228 g/mol. The van der Waals surface area contributed by atoms with Crippen LogP contribution >= 0.6 is 11.6 Å². The Bertz CT molecular complexity index is 322. The van der Waals surface area contributed by atoms with Crippen LogP contribution in [0.5, 0.6) is 0 Å². The maximum atomic E-state index is 6.43. The molecule has 0 amide bonds. The van der Waals surface area contributed by atoms with Gasteiger partial charge in [-0.1, -0.05) is 55.5 Å². The Morgan fingerprint density at radius 1 is 1.18 bits per heavy atom. The van der Waals surface area contributed by atoms with Crippen LogP contribution in [-0.4, -0.2) is 5.38 Å². The normalized spacial score (nSPS) is 18.5. The second-order valence-corrected chi connectivity index (χ2v) is 6.13. The highest BCUT2D eigenvalue weighted by atomic mass is 35.5. The summed E-state index contributed by atoms with van der Waals surface area (Å²) in [6.45, 7) is 2.13. The lowest BCUT2D eigenvalue weighted by Crippen LogP contribution is -2.06. The van der Waals surface area contributed by atoms with Crippen molar-refractivity contribution < 1.29 is 0 Å². The van der Waals surface area contributed by atoms with Crippen LogP contribution < -0.4 is 0 Å². The van der Waals surface area contributed by atoms with Crippen LogP contribution in [0.25, 0.3) is 0 Å². The predicted octanol–water partition coefficient (Wildman–Crippen LogP) is 5.12. The minimum atomic E-state index is 0.318. The lowest BCUT2D eigenvalue weighted by molar-refractivity contribution is 0.476. The predicted molar refractivity (Wildman–Crippen MR) is 75.7 cm³/mol. The molecule has 1 atom stereocenters. The van der Waals surface area contributed by atoms with Crippen molar-refractivity contribution in [2.75, 3.05) is 0 Å². The lowest BCUT2D eigenvalue weighted by atomic mass is 9.98. The highest BCUT2D eigenvalue weighted by molar-refractivity contribution is 6.20. The van der Waals surface area contributed by atoms with Crippen LogP contribution in [0.2, 0.25) is 0 Å². The van der Waals surface area contributed by atoms with Gasteiger partial charge in [-0.25, -0.2) is 0 Å². The van der Waals surface area contributed by atoms with Crippen LogP contribution in [0.15, 0.2) is 24.3 Å². The van der Waals surface area contributed by atoms with Crippen molar-refractivity contribution in [1.82, 2.24) is 0 Å². The number of halogens is 1. The first-order chi connectivity index (χ1) is 8.24. The molecule has 17 heavy (non-hydrogen) atoms. The summed E-state index contributed by atoms with van der Waals surface area (Å²) in [5.41, 5.74) is 2.70. The van der Waals surface area contributed by atoms with E-state index in [-0.39, 0.29) is 0 Å². The van der Waals surface area contributed by atoms with Gasteiger partial charge >= 0.3 is 0 Å². The zero-order valence-electron chi connectivity index (χ0n) is 10.8. The second-order valence-electron chi connectivity index (χ2n) is 5.51. The van der Waals surface area contributed by atoms with Crippen molar-refractivity contribution in [3.8, 4) is 0 Å². The van der Waals surface area contributed by atoms with Gasteiger partial charge in [-0.3, -0.25) is 0 Å². The van der Waals surface area contributed by atoms with E-state index in [4.69, 9.17) is 11.6 Å².